The van der Waals surface area contributed by atoms with Crippen LogP contribution in [0.3, 0.4) is 0 Å². The zero-order chi connectivity index (χ0) is 26.6. The van der Waals surface area contributed by atoms with E-state index < -0.39 is 34.1 Å². The smallest absolute Gasteiger partial charge is 0.243 e. The highest BCUT2D eigenvalue weighted by Gasteiger charge is 2.33. The molecule has 0 aliphatic heterocycles. The highest BCUT2D eigenvalue weighted by Crippen LogP contribution is 2.24. The lowest BCUT2D eigenvalue weighted by molar-refractivity contribution is -0.142. The summed E-state index contributed by atoms with van der Waals surface area (Å²) in [5.41, 5.74) is 1.00. The number of rotatable bonds is 9. The van der Waals surface area contributed by atoms with Crippen LogP contribution in [0.5, 0.6) is 0 Å². The Bertz CT molecular complexity index is 1160. The molecule has 2 aromatic carbocycles. The summed E-state index contributed by atoms with van der Waals surface area (Å²) in [5.74, 6) is -0.854. The van der Waals surface area contributed by atoms with Crippen molar-refractivity contribution >= 4 is 45.0 Å². The molecular weight excluding hydrogens is 509 g/mol. The van der Waals surface area contributed by atoms with Gasteiger partial charge in [0.05, 0.1) is 11.4 Å². The SMILES string of the molecule is CC[C@H](C(=O)NC(C)(C)C)N(Cc1ccc(Cl)cc1Cl)C(=O)CN(C)S(=O)(=O)c1ccc(C)cc1. The number of halogens is 2. The Balaban J connectivity index is 2.39. The molecule has 35 heavy (non-hydrogen) atoms. The fraction of sp³-hybridized carbons (Fsp3) is 0.440. The predicted molar refractivity (Wildman–Crippen MR) is 140 cm³/mol. The maximum absolute atomic E-state index is 13.5. The van der Waals surface area contributed by atoms with Crippen molar-refractivity contribution in [2.45, 2.75) is 64.1 Å². The van der Waals surface area contributed by atoms with Crippen molar-refractivity contribution in [2.75, 3.05) is 13.6 Å². The summed E-state index contributed by atoms with van der Waals surface area (Å²) >= 11 is 12.4. The van der Waals surface area contributed by atoms with Crippen molar-refractivity contribution in [3.63, 3.8) is 0 Å². The summed E-state index contributed by atoms with van der Waals surface area (Å²) < 4.78 is 27.1. The molecule has 0 spiro atoms. The number of aryl methyl sites for hydroxylation is 1. The van der Waals surface area contributed by atoms with Gasteiger partial charge in [-0.1, -0.05) is 53.9 Å². The summed E-state index contributed by atoms with van der Waals surface area (Å²) in [5, 5.41) is 3.70. The lowest BCUT2D eigenvalue weighted by atomic mass is 10.1. The third kappa shape index (κ3) is 7.93. The highest BCUT2D eigenvalue weighted by atomic mass is 35.5. The molecule has 0 bridgehead atoms. The minimum atomic E-state index is -3.91. The first-order valence-corrected chi connectivity index (χ1v) is 13.4. The number of hydrogen-bond donors (Lipinski definition) is 1. The molecule has 2 aromatic rings. The number of amides is 2. The predicted octanol–water partition coefficient (Wildman–Crippen LogP) is 4.64. The summed E-state index contributed by atoms with van der Waals surface area (Å²) in [7, 11) is -2.57. The first-order chi connectivity index (χ1) is 16.2. The largest absolute Gasteiger partial charge is 0.350 e. The lowest BCUT2D eigenvalue weighted by Crippen LogP contribution is -2.55. The number of hydrogen-bond acceptors (Lipinski definition) is 4. The van der Waals surface area contributed by atoms with Crippen LogP contribution in [0, 0.1) is 6.92 Å². The van der Waals surface area contributed by atoms with Crippen LogP contribution in [0.25, 0.3) is 0 Å². The van der Waals surface area contributed by atoms with E-state index in [1.165, 1.54) is 24.1 Å². The Morgan fingerprint density at radius 3 is 2.17 bits per heavy atom. The molecule has 0 fully saturated rings. The molecular formula is C25H33Cl2N3O4S. The van der Waals surface area contributed by atoms with E-state index in [9.17, 15) is 18.0 Å². The molecule has 1 N–H and O–H groups in total. The Labute approximate surface area is 218 Å². The van der Waals surface area contributed by atoms with E-state index in [1.807, 2.05) is 27.7 Å². The Morgan fingerprint density at radius 2 is 1.66 bits per heavy atom. The second-order valence-corrected chi connectivity index (χ2v) is 12.4. The molecule has 1 atom stereocenters. The van der Waals surface area contributed by atoms with E-state index in [-0.39, 0.29) is 17.3 Å². The van der Waals surface area contributed by atoms with E-state index in [0.29, 0.717) is 22.0 Å². The van der Waals surface area contributed by atoms with Crippen LogP contribution in [0.2, 0.25) is 10.0 Å². The maximum Gasteiger partial charge on any atom is 0.243 e. The summed E-state index contributed by atoms with van der Waals surface area (Å²) in [6, 6.07) is 10.5. The van der Waals surface area contributed by atoms with Gasteiger partial charge in [0.15, 0.2) is 0 Å². The van der Waals surface area contributed by atoms with Crippen LogP contribution >= 0.6 is 23.2 Å². The molecule has 0 radical (unpaired) electrons. The van der Waals surface area contributed by atoms with Crippen molar-refractivity contribution in [3.05, 3.63) is 63.6 Å². The minimum absolute atomic E-state index is 0.0172. The number of sulfonamides is 1. The second-order valence-electron chi connectivity index (χ2n) is 9.49. The van der Waals surface area contributed by atoms with Gasteiger partial charge in [0.25, 0.3) is 0 Å². The van der Waals surface area contributed by atoms with Crippen molar-refractivity contribution in [1.82, 2.24) is 14.5 Å². The third-order valence-electron chi connectivity index (χ3n) is 5.33. The number of nitrogens with zero attached hydrogens (tertiary/aromatic N) is 2. The molecule has 0 saturated heterocycles. The van der Waals surface area contributed by atoms with Gasteiger partial charge in [-0.2, -0.15) is 4.31 Å². The number of nitrogens with one attached hydrogen (secondary N) is 1. The average Bonchev–Trinajstić information content (AvgIpc) is 2.74. The van der Waals surface area contributed by atoms with Crippen molar-refractivity contribution in [3.8, 4) is 0 Å². The van der Waals surface area contributed by atoms with Crippen LogP contribution in [-0.4, -0.2) is 54.6 Å². The van der Waals surface area contributed by atoms with Crippen molar-refractivity contribution in [1.29, 1.82) is 0 Å². The zero-order valence-corrected chi connectivity index (χ0v) is 23.3. The molecule has 10 heteroatoms. The Morgan fingerprint density at radius 1 is 1.06 bits per heavy atom. The first kappa shape index (κ1) is 29.1. The molecule has 192 valence electrons. The van der Waals surface area contributed by atoms with Gasteiger partial charge in [-0.05, 0) is 63.9 Å². The fourth-order valence-corrected chi connectivity index (χ4v) is 5.05. The van der Waals surface area contributed by atoms with Crippen LogP contribution in [0.1, 0.15) is 45.2 Å². The van der Waals surface area contributed by atoms with Gasteiger partial charge in [-0.3, -0.25) is 9.59 Å². The molecule has 7 nitrogen and oxygen atoms in total. The number of carbonyl (C=O) groups excluding carboxylic acids is 2. The van der Waals surface area contributed by atoms with Gasteiger partial charge < -0.3 is 10.2 Å². The van der Waals surface area contributed by atoms with Crippen LogP contribution in [-0.2, 0) is 26.2 Å². The van der Waals surface area contributed by atoms with Crippen LogP contribution in [0.15, 0.2) is 47.4 Å². The normalized spacial score (nSPS) is 12.9. The molecule has 0 aliphatic rings. The highest BCUT2D eigenvalue weighted by molar-refractivity contribution is 7.89. The lowest BCUT2D eigenvalue weighted by Gasteiger charge is -2.34. The molecule has 0 heterocycles. The van der Waals surface area contributed by atoms with E-state index >= 15 is 0 Å². The quantitative estimate of drug-likeness (QED) is 0.500. The fourth-order valence-electron chi connectivity index (χ4n) is 3.46. The number of carbonyl (C=O) groups is 2. The van der Waals surface area contributed by atoms with E-state index in [1.54, 1.807) is 37.3 Å². The third-order valence-corrected chi connectivity index (χ3v) is 7.73. The van der Waals surface area contributed by atoms with Gasteiger partial charge >= 0.3 is 0 Å². The number of likely N-dealkylation sites (N-methyl/N-ethyl adjacent to an activating group) is 1. The summed E-state index contributed by atoms with van der Waals surface area (Å²) in [4.78, 5) is 28.1. The Hall–Kier alpha value is -2.13. The van der Waals surface area contributed by atoms with E-state index in [0.717, 1.165) is 9.87 Å². The van der Waals surface area contributed by atoms with Gasteiger partial charge in [0, 0.05) is 29.2 Å². The van der Waals surface area contributed by atoms with Gasteiger partial charge in [0.2, 0.25) is 21.8 Å². The van der Waals surface area contributed by atoms with Gasteiger partial charge in [0.1, 0.15) is 6.04 Å². The standard InChI is InChI=1S/C25H33Cl2N3O4S/c1-7-22(24(32)28-25(3,4)5)30(15-18-10-11-19(26)14-21(18)27)23(31)16-29(6)35(33,34)20-12-8-17(2)9-13-20/h8-14,22H,7,15-16H2,1-6H3,(H,28,32)/t22-/m1/s1. The molecule has 0 aliphatic carbocycles. The molecule has 0 aromatic heterocycles. The van der Waals surface area contributed by atoms with Crippen LogP contribution < -0.4 is 5.32 Å². The second kappa shape index (κ2) is 11.7. The van der Waals surface area contributed by atoms with E-state index in [4.69, 9.17) is 23.2 Å². The summed E-state index contributed by atoms with van der Waals surface area (Å²) in [6.45, 7) is 8.77. The molecule has 2 rings (SSSR count). The monoisotopic (exact) mass is 541 g/mol. The molecule has 0 unspecified atom stereocenters. The van der Waals surface area contributed by atoms with E-state index in [2.05, 4.69) is 5.32 Å². The van der Waals surface area contributed by atoms with Gasteiger partial charge in [-0.25, -0.2) is 8.42 Å². The topological polar surface area (TPSA) is 86.8 Å². The average molecular weight is 543 g/mol. The minimum Gasteiger partial charge on any atom is -0.350 e. The molecule has 2 amide bonds. The number of benzene rings is 2. The first-order valence-electron chi connectivity index (χ1n) is 11.2. The van der Waals surface area contributed by atoms with Crippen molar-refractivity contribution < 1.29 is 18.0 Å². The summed E-state index contributed by atoms with van der Waals surface area (Å²) in [6.07, 6.45) is 0.327. The van der Waals surface area contributed by atoms with Crippen molar-refractivity contribution in [2.24, 2.45) is 0 Å². The van der Waals surface area contributed by atoms with Gasteiger partial charge in [-0.15, -0.1) is 0 Å². The Kier molecular flexibility index (Phi) is 9.76. The maximum atomic E-state index is 13.5. The van der Waals surface area contributed by atoms with Crippen LogP contribution in [0.4, 0.5) is 0 Å². The molecule has 0 saturated carbocycles. The zero-order valence-electron chi connectivity index (χ0n) is 20.9.